The van der Waals surface area contributed by atoms with Crippen molar-refractivity contribution in [3.05, 3.63) is 0 Å². The third-order valence-corrected chi connectivity index (χ3v) is 5.56. The third kappa shape index (κ3) is 13.3. The number of hydrogen-bond donors (Lipinski definition) is 0. The monoisotopic (exact) mass is 339 g/mol. The Bertz CT molecular complexity index is 236. The second kappa shape index (κ2) is 16.4. The lowest BCUT2D eigenvalue weighted by Gasteiger charge is -2.39. The smallest absolute Gasteiger partial charge is 0.0153 e. The first-order valence-corrected chi connectivity index (χ1v) is 11.3. The molecule has 1 heteroatoms. The number of rotatable bonds is 18. The highest BCUT2D eigenvalue weighted by Gasteiger charge is 2.25. The van der Waals surface area contributed by atoms with Gasteiger partial charge >= 0.3 is 0 Å². The summed E-state index contributed by atoms with van der Waals surface area (Å²) in [5, 5.41) is 0. The molecule has 0 rings (SSSR count). The molecule has 0 N–H and O–H groups in total. The summed E-state index contributed by atoms with van der Waals surface area (Å²) in [6, 6.07) is 0. The van der Waals surface area contributed by atoms with Crippen molar-refractivity contribution >= 4 is 0 Å². The molecule has 0 spiro atoms. The van der Waals surface area contributed by atoms with Gasteiger partial charge in [0, 0.05) is 5.54 Å². The summed E-state index contributed by atoms with van der Waals surface area (Å²) >= 11 is 0. The van der Waals surface area contributed by atoms with Crippen molar-refractivity contribution < 1.29 is 0 Å². The lowest BCUT2D eigenvalue weighted by atomic mass is 9.93. The molecule has 0 aromatic heterocycles. The van der Waals surface area contributed by atoms with Crippen LogP contribution in [0.25, 0.3) is 0 Å². The van der Waals surface area contributed by atoms with Crippen LogP contribution in [0.1, 0.15) is 131 Å². The first-order valence-electron chi connectivity index (χ1n) is 11.3. The largest absolute Gasteiger partial charge is 0.298 e. The van der Waals surface area contributed by atoms with Crippen LogP contribution in [0.5, 0.6) is 0 Å². The van der Waals surface area contributed by atoms with Crippen LogP contribution in [0, 0.1) is 0 Å². The van der Waals surface area contributed by atoms with Crippen molar-refractivity contribution in [2.24, 2.45) is 0 Å². The highest BCUT2D eigenvalue weighted by molar-refractivity contribution is 4.81. The minimum atomic E-state index is 0.393. The standard InChI is InChI=1S/C23H49N/c1-6-9-12-13-14-15-16-17-20-23(4,5)24(21-18-10-7-2)22-19-11-8-3/h6-22H2,1-5H3. The van der Waals surface area contributed by atoms with Crippen molar-refractivity contribution in [2.45, 2.75) is 136 Å². The first kappa shape index (κ1) is 24.0. The van der Waals surface area contributed by atoms with Crippen LogP contribution in [0.15, 0.2) is 0 Å². The molecule has 0 saturated heterocycles. The van der Waals surface area contributed by atoms with Gasteiger partial charge in [0.25, 0.3) is 0 Å². The van der Waals surface area contributed by atoms with Gasteiger partial charge in [-0.1, -0.05) is 97.8 Å². The van der Waals surface area contributed by atoms with Crippen LogP contribution < -0.4 is 0 Å². The number of unbranched alkanes of at least 4 members (excludes halogenated alkanes) is 11. The van der Waals surface area contributed by atoms with Gasteiger partial charge in [-0.15, -0.1) is 0 Å². The predicted octanol–water partition coefficient (Wildman–Crippen LogP) is 7.98. The Balaban J connectivity index is 4.02. The van der Waals surface area contributed by atoms with E-state index in [1.54, 1.807) is 0 Å². The first-order chi connectivity index (χ1) is 11.6. The van der Waals surface area contributed by atoms with Gasteiger partial charge in [-0.3, -0.25) is 4.90 Å². The van der Waals surface area contributed by atoms with Gasteiger partial charge in [0.15, 0.2) is 0 Å². The van der Waals surface area contributed by atoms with Gasteiger partial charge in [0.05, 0.1) is 0 Å². The lowest BCUT2D eigenvalue weighted by molar-refractivity contribution is 0.103. The molecule has 0 radical (unpaired) electrons. The van der Waals surface area contributed by atoms with Crippen LogP contribution in [0.3, 0.4) is 0 Å². The van der Waals surface area contributed by atoms with Crippen LogP contribution in [-0.4, -0.2) is 23.5 Å². The molecular formula is C23H49N. The Morgan fingerprint density at radius 3 is 1.33 bits per heavy atom. The Kier molecular flexibility index (Phi) is 16.4. The molecule has 0 unspecified atom stereocenters. The molecule has 0 saturated carbocycles. The maximum absolute atomic E-state index is 2.81. The van der Waals surface area contributed by atoms with E-state index < -0.39 is 0 Å². The van der Waals surface area contributed by atoms with E-state index in [9.17, 15) is 0 Å². The highest BCUT2D eigenvalue weighted by Crippen LogP contribution is 2.24. The van der Waals surface area contributed by atoms with E-state index in [1.165, 1.54) is 109 Å². The lowest BCUT2D eigenvalue weighted by Crippen LogP contribution is -2.45. The number of hydrogen-bond acceptors (Lipinski definition) is 1. The zero-order chi connectivity index (χ0) is 18.1. The predicted molar refractivity (Wildman–Crippen MR) is 112 cm³/mol. The van der Waals surface area contributed by atoms with Crippen LogP contribution in [0.4, 0.5) is 0 Å². The average Bonchev–Trinajstić information content (AvgIpc) is 2.56. The van der Waals surface area contributed by atoms with Crippen LogP contribution in [-0.2, 0) is 0 Å². The molecule has 0 bridgehead atoms. The van der Waals surface area contributed by atoms with Crippen molar-refractivity contribution in [3.63, 3.8) is 0 Å². The van der Waals surface area contributed by atoms with Gasteiger partial charge in [0.2, 0.25) is 0 Å². The molecule has 0 fully saturated rings. The zero-order valence-corrected chi connectivity index (χ0v) is 18.0. The molecule has 0 aliphatic rings. The zero-order valence-electron chi connectivity index (χ0n) is 18.0. The third-order valence-electron chi connectivity index (χ3n) is 5.56. The van der Waals surface area contributed by atoms with Gasteiger partial charge < -0.3 is 0 Å². The second-order valence-electron chi connectivity index (χ2n) is 8.44. The minimum absolute atomic E-state index is 0.393. The Labute approximate surface area is 155 Å². The molecule has 1 nitrogen and oxygen atoms in total. The van der Waals surface area contributed by atoms with Crippen molar-refractivity contribution in [3.8, 4) is 0 Å². The van der Waals surface area contributed by atoms with Crippen LogP contribution in [0.2, 0.25) is 0 Å². The van der Waals surface area contributed by atoms with Gasteiger partial charge in [0.1, 0.15) is 0 Å². The Morgan fingerprint density at radius 1 is 0.500 bits per heavy atom. The Morgan fingerprint density at radius 2 is 0.875 bits per heavy atom. The summed E-state index contributed by atoms with van der Waals surface area (Å²) in [5.74, 6) is 0. The fourth-order valence-electron chi connectivity index (χ4n) is 3.67. The van der Waals surface area contributed by atoms with Crippen molar-refractivity contribution in [2.75, 3.05) is 13.1 Å². The SMILES string of the molecule is CCCCCCCCCCC(C)(C)N(CCCCC)CCCCC. The van der Waals surface area contributed by atoms with Crippen LogP contribution >= 0.6 is 0 Å². The average molecular weight is 340 g/mol. The van der Waals surface area contributed by atoms with E-state index in [-0.39, 0.29) is 0 Å². The Hall–Kier alpha value is -0.0400. The van der Waals surface area contributed by atoms with Crippen molar-refractivity contribution in [1.82, 2.24) is 4.90 Å². The summed E-state index contributed by atoms with van der Waals surface area (Å²) < 4.78 is 0. The maximum Gasteiger partial charge on any atom is 0.0153 e. The van der Waals surface area contributed by atoms with E-state index in [4.69, 9.17) is 0 Å². The summed E-state index contributed by atoms with van der Waals surface area (Å²) in [5.41, 5.74) is 0.393. The van der Waals surface area contributed by atoms with E-state index in [0.29, 0.717) is 5.54 Å². The fraction of sp³-hybridized carbons (Fsp3) is 1.00. The molecule has 0 aromatic carbocycles. The molecule has 146 valence electrons. The van der Waals surface area contributed by atoms with Gasteiger partial charge in [-0.25, -0.2) is 0 Å². The molecular weight excluding hydrogens is 290 g/mol. The maximum atomic E-state index is 2.81. The summed E-state index contributed by atoms with van der Waals surface area (Å²) in [7, 11) is 0. The van der Waals surface area contributed by atoms with Gasteiger partial charge in [-0.2, -0.15) is 0 Å². The van der Waals surface area contributed by atoms with E-state index in [0.717, 1.165) is 0 Å². The molecule has 0 aliphatic heterocycles. The normalized spacial score (nSPS) is 12.2. The highest BCUT2D eigenvalue weighted by atomic mass is 15.2. The molecule has 0 atom stereocenters. The molecule has 0 aromatic rings. The van der Waals surface area contributed by atoms with E-state index in [2.05, 4.69) is 39.5 Å². The fourth-order valence-corrected chi connectivity index (χ4v) is 3.67. The van der Waals surface area contributed by atoms with Gasteiger partial charge in [-0.05, 0) is 46.2 Å². The molecule has 24 heavy (non-hydrogen) atoms. The number of nitrogens with zero attached hydrogens (tertiary/aromatic N) is 1. The van der Waals surface area contributed by atoms with E-state index >= 15 is 0 Å². The molecule has 0 heterocycles. The topological polar surface area (TPSA) is 3.24 Å². The molecule has 0 aliphatic carbocycles. The molecule has 0 amide bonds. The minimum Gasteiger partial charge on any atom is -0.298 e. The van der Waals surface area contributed by atoms with Crippen molar-refractivity contribution in [1.29, 1.82) is 0 Å². The van der Waals surface area contributed by atoms with E-state index in [1.807, 2.05) is 0 Å². The second-order valence-corrected chi connectivity index (χ2v) is 8.44. The summed E-state index contributed by atoms with van der Waals surface area (Å²) in [4.78, 5) is 2.81. The summed E-state index contributed by atoms with van der Waals surface area (Å²) in [6.45, 7) is 14.5. The quantitative estimate of drug-likeness (QED) is 0.229. The summed E-state index contributed by atoms with van der Waals surface area (Å²) in [6.07, 6.45) is 21.0.